The van der Waals surface area contributed by atoms with Crippen LogP contribution in [0, 0.1) is 6.92 Å². The van der Waals surface area contributed by atoms with Crippen molar-refractivity contribution < 1.29 is 4.79 Å². The van der Waals surface area contributed by atoms with Gasteiger partial charge in [-0.05, 0) is 19.9 Å². The van der Waals surface area contributed by atoms with Crippen molar-refractivity contribution in [3.8, 4) is 0 Å². The summed E-state index contributed by atoms with van der Waals surface area (Å²) in [5, 5.41) is 6.31. The molecule has 2 aromatic rings. The topological polar surface area (TPSA) is 59.0 Å². The van der Waals surface area contributed by atoms with Gasteiger partial charge in [0.05, 0.1) is 6.33 Å². The molecule has 2 unspecified atom stereocenters. The van der Waals surface area contributed by atoms with E-state index in [-0.39, 0.29) is 18.0 Å². The van der Waals surface area contributed by atoms with Crippen LogP contribution in [0.3, 0.4) is 0 Å². The normalized spacial score (nSPS) is 18.7. The number of aryl methyl sites for hydroxylation is 1. The van der Waals surface area contributed by atoms with Crippen LogP contribution in [0.5, 0.6) is 0 Å². The highest BCUT2D eigenvalue weighted by atomic mass is 16.2. The van der Waals surface area contributed by atoms with Gasteiger partial charge >= 0.3 is 0 Å². The van der Waals surface area contributed by atoms with Gasteiger partial charge in [-0.1, -0.05) is 17.7 Å². The molecule has 0 saturated carbocycles. The number of benzene rings is 1. The average molecular weight is 270 g/mol. The second kappa shape index (κ2) is 5.09. The van der Waals surface area contributed by atoms with Gasteiger partial charge in [0.2, 0.25) is 5.91 Å². The monoisotopic (exact) mass is 270 g/mol. The molecule has 0 bridgehead atoms. The van der Waals surface area contributed by atoms with Crippen LogP contribution in [0.15, 0.2) is 36.9 Å². The van der Waals surface area contributed by atoms with Gasteiger partial charge in [-0.15, -0.1) is 0 Å². The Bertz CT molecular complexity index is 621. The number of hydrogen-bond acceptors (Lipinski definition) is 3. The van der Waals surface area contributed by atoms with E-state index in [0.717, 1.165) is 23.4 Å². The fourth-order valence-corrected chi connectivity index (χ4v) is 2.59. The molecule has 2 N–H and O–H groups in total. The number of nitrogens with one attached hydrogen (secondary N) is 2. The Hall–Kier alpha value is -2.14. The van der Waals surface area contributed by atoms with Crippen molar-refractivity contribution in [2.45, 2.75) is 32.5 Å². The molecule has 0 radical (unpaired) electrons. The standard InChI is InChI=1S/C15H18N4O/c1-10-3-4-13-12(7-10)14(15(20)18-13)17-11(2)8-19-6-5-16-9-19/h3-7,9,11,14,17H,8H2,1-2H3,(H,18,20). The van der Waals surface area contributed by atoms with E-state index < -0.39 is 0 Å². The predicted octanol–water partition coefficient (Wildman–Crippen LogP) is 1.86. The first-order valence-corrected chi connectivity index (χ1v) is 6.76. The van der Waals surface area contributed by atoms with E-state index in [2.05, 4.69) is 28.6 Å². The zero-order valence-electron chi connectivity index (χ0n) is 11.6. The molecular formula is C15H18N4O. The molecule has 0 saturated heterocycles. The second-order valence-corrected chi connectivity index (χ2v) is 5.34. The molecule has 5 nitrogen and oxygen atoms in total. The number of nitrogens with zero attached hydrogens (tertiary/aromatic N) is 2. The maximum Gasteiger partial charge on any atom is 0.246 e. The number of anilines is 1. The Kier molecular flexibility index (Phi) is 3.28. The number of imidazole rings is 1. The fourth-order valence-electron chi connectivity index (χ4n) is 2.59. The van der Waals surface area contributed by atoms with Crippen molar-refractivity contribution in [3.63, 3.8) is 0 Å². The molecule has 0 fully saturated rings. The molecular weight excluding hydrogens is 252 g/mol. The van der Waals surface area contributed by atoms with E-state index in [0.29, 0.717) is 0 Å². The summed E-state index contributed by atoms with van der Waals surface area (Å²) in [6, 6.07) is 5.94. The van der Waals surface area contributed by atoms with Crippen molar-refractivity contribution in [1.82, 2.24) is 14.9 Å². The summed E-state index contributed by atoms with van der Waals surface area (Å²) < 4.78 is 2.00. The molecule has 104 valence electrons. The minimum atomic E-state index is -0.275. The number of hydrogen-bond donors (Lipinski definition) is 2. The van der Waals surface area contributed by atoms with E-state index in [1.54, 1.807) is 12.5 Å². The lowest BCUT2D eigenvalue weighted by Gasteiger charge is -2.19. The Morgan fingerprint density at radius 3 is 3.10 bits per heavy atom. The molecule has 2 heterocycles. The molecule has 5 heteroatoms. The van der Waals surface area contributed by atoms with Gasteiger partial charge in [0.1, 0.15) is 6.04 Å². The zero-order valence-corrected chi connectivity index (χ0v) is 11.6. The Morgan fingerprint density at radius 1 is 1.50 bits per heavy atom. The van der Waals surface area contributed by atoms with E-state index in [1.807, 2.05) is 29.8 Å². The highest BCUT2D eigenvalue weighted by Gasteiger charge is 2.31. The van der Waals surface area contributed by atoms with Crippen LogP contribution in [0.25, 0.3) is 0 Å². The third-order valence-corrected chi connectivity index (χ3v) is 3.53. The second-order valence-electron chi connectivity index (χ2n) is 5.34. The van der Waals surface area contributed by atoms with Gasteiger partial charge in [0.15, 0.2) is 0 Å². The summed E-state index contributed by atoms with van der Waals surface area (Å²) in [5.74, 6) is 0.0167. The van der Waals surface area contributed by atoms with Crippen LogP contribution in [0.2, 0.25) is 0 Å². The van der Waals surface area contributed by atoms with Crippen molar-refractivity contribution in [2.24, 2.45) is 0 Å². The number of aromatic nitrogens is 2. The Labute approximate surface area is 118 Å². The number of fused-ring (bicyclic) bond motifs is 1. The molecule has 1 amide bonds. The number of carbonyl (C=O) groups is 1. The number of amides is 1. The van der Waals surface area contributed by atoms with Gasteiger partial charge in [-0.3, -0.25) is 10.1 Å². The summed E-state index contributed by atoms with van der Waals surface area (Å²) in [5.41, 5.74) is 3.11. The van der Waals surface area contributed by atoms with Crippen LogP contribution < -0.4 is 10.6 Å². The first-order valence-electron chi connectivity index (χ1n) is 6.76. The van der Waals surface area contributed by atoms with Crippen molar-refractivity contribution in [1.29, 1.82) is 0 Å². The van der Waals surface area contributed by atoms with Gasteiger partial charge in [-0.25, -0.2) is 4.98 Å². The third kappa shape index (κ3) is 2.44. The molecule has 1 aromatic heterocycles. The van der Waals surface area contributed by atoms with Crippen LogP contribution >= 0.6 is 0 Å². The first kappa shape index (κ1) is 12.9. The van der Waals surface area contributed by atoms with E-state index in [9.17, 15) is 4.79 Å². The maximum atomic E-state index is 12.1. The van der Waals surface area contributed by atoms with Crippen molar-refractivity contribution in [2.75, 3.05) is 5.32 Å². The largest absolute Gasteiger partial charge is 0.336 e. The van der Waals surface area contributed by atoms with Gasteiger partial charge < -0.3 is 9.88 Å². The molecule has 3 rings (SSSR count). The van der Waals surface area contributed by atoms with Gasteiger partial charge in [0.25, 0.3) is 0 Å². The third-order valence-electron chi connectivity index (χ3n) is 3.53. The Morgan fingerprint density at radius 2 is 2.35 bits per heavy atom. The molecule has 1 aromatic carbocycles. The van der Waals surface area contributed by atoms with Crippen LogP contribution in [0.4, 0.5) is 5.69 Å². The summed E-state index contributed by atoms with van der Waals surface area (Å²) in [4.78, 5) is 16.1. The molecule has 20 heavy (non-hydrogen) atoms. The van der Waals surface area contributed by atoms with Gasteiger partial charge in [0, 0.05) is 36.2 Å². The smallest absolute Gasteiger partial charge is 0.246 e. The van der Waals surface area contributed by atoms with Crippen molar-refractivity contribution >= 4 is 11.6 Å². The van der Waals surface area contributed by atoms with E-state index in [4.69, 9.17) is 0 Å². The van der Waals surface area contributed by atoms with Crippen LogP contribution in [-0.2, 0) is 11.3 Å². The lowest BCUT2D eigenvalue weighted by atomic mass is 10.0. The lowest BCUT2D eigenvalue weighted by molar-refractivity contribution is -0.117. The minimum Gasteiger partial charge on any atom is -0.336 e. The molecule has 1 aliphatic heterocycles. The molecule has 0 aliphatic carbocycles. The summed E-state index contributed by atoms with van der Waals surface area (Å²) in [7, 11) is 0. The van der Waals surface area contributed by atoms with Crippen LogP contribution in [0.1, 0.15) is 24.1 Å². The summed E-state index contributed by atoms with van der Waals surface area (Å²) in [6.45, 7) is 4.89. The first-order chi connectivity index (χ1) is 9.63. The fraction of sp³-hybridized carbons (Fsp3) is 0.333. The zero-order chi connectivity index (χ0) is 14.1. The minimum absolute atomic E-state index is 0.0167. The SMILES string of the molecule is Cc1ccc2c(c1)C(NC(C)Cn1ccnc1)C(=O)N2. The lowest BCUT2D eigenvalue weighted by Crippen LogP contribution is -2.36. The highest BCUT2D eigenvalue weighted by molar-refractivity contribution is 6.02. The summed E-state index contributed by atoms with van der Waals surface area (Å²) >= 11 is 0. The Balaban J connectivity index is 1.74. The average Bonchev–Trinajstić information content (AvgIpc) is 3.00. The predicted molar refractivity (Wildman–Crippen MR) is 77.4 cm³/mol. The number of rotatable bonds is 4. The summed E-state index contributed by atoms with van der Waals surface area (Å²) in [6.07, 6.45) is 5.46. The van der Waals surface area contributed by atoms with Gasteiger partial charge in [-0.2, -0.15) is 0 Å². The number of carbonyl (C=O) groups excluding carboxylic acids is 1. The van der Waals surface area contributed by atoms with E-state index in [1.165, 1.54) is 0 Å². The maximum absolute atomic E-state index is 12.1. The molecule has 0 spiro atoms. The van der Waals surface area contributed by atoms with Crippen LogP contribution in [-0.4, -0.2) is 21.5 Å². The van der Waals surface area contributed by atoms with E-state index >= 15 is 0 Å². The quantitative estimate of drug-likeness (QED) is 0.891. The molecule has 2 atom stereocenters. The van der Waals surface area contributed by atoms with Crippen molar-refractivity contribution in [3.05, 3.63) is 48.0 Å². The molecule has 1 aliphatic rings. The highest BCUT2D eigenvalue weighted by Crippen LogP contribution is 2.31.